The van der Waals surface area contributed by atoms with E-state index in [4.69, 9.17) is 0 Å². The number of hydrogen-bond acceptors (Lipinski definition) is 3. The van der Waals surface area contributed by atoms with Crippen LogP contribution in [0, 0.1) is 5.82 Å². The third-order valence-corrected chi connectivity index (χ3v) is 6.43. The van der Waals surface area contributed by atoms with Crippen LogP contribution < -0.4 is 0 Å². The molecule has 1 aliphatic carbocycles. The monoisotopic (exact) mass is 359 g/mol. The van der Waals surface area contributed by atoms with E-state index in [1.807, 2.05) is 0 Å². The topological polar surface area (TPSA) is 55.2 Å². The molecule has 0 aliphatic heterocycles. The molecule has 0 amide bonds. The molecule has 1 heterocycles. The van der Waals surface area contributed by atoms with Crippen molar-refractivity contribution >= 4 is 10.0 Å². The van der Waals surface area contributed by atoms with Gasteiger partial charge < -0.3 is 0 Å². The van der Waals surface area contributed by atoms with Gasteiger partial charge in [-0.1, -0.05) is 12.1 Å². The first-order valence-corrected chi connectivity index (χ1v) is 8.81. The van der Waals surface area contributed by atoms with Crippen LogP contribution in [0.1, 0.15) is 30.3 Å². The number of nitrogens with zero attached hydrogens (tertiary/aromatic N) is 3. The Labute approximate surface area is 137 Å². The van der Waals surface area contributed by atoms with Crippen LogP contribution in [0.15, 0.2) is 36.7 Å². The molecule has 1 aliphatic rings. The molecule has 24 heavy (non-hydrogen) atoms. The molecule has 0 spiro atoms. The van der Waals surface area contributed by atoms with E-state index in [0.717, 1.165) is 10.5 Å². The Balaban J connectivity index is 1.73. The molecule has 1 fully saturated rings. The molecule has 9 heteroatoms. The van der Waals surface area contributed by atoms with Gasteiger partial charge in [0.25, 0.3) is 0 Å². The maximum absolute atomic E-state index is 13.3. The molecule has 1 saturated carbocycles. The van der Waals surface area contributed by atoms with Crippen molar-refractivity contribution in [2.45, 2.75) is 30.7 Å². The first kappa shape index (κ1) is 17.0. The summed E-state index contributed by atoms with van der Waals surface area (Å²) in [5, 5.41) is -0.667. The lowest BCUT2D eigenvalue weighted by Crippen LogP contribution is -2.31. The number of aromatic nitrogens is 2. The van der Waals surface area contributed by atoms with Crippen molar-refractivity contribution in [3.05, 3.63) is 53.9 Å². The summed E-state index contributed by atoms with van der Waals surface area (Å²) in [5.41, 5.74) is 0.631. The second-order valence-electron chi connectivity index (χ2n) is 5.77. The Morgan fingerprint density at radius 1 is 1.42 bits per heavy atom. The smallest absolute Gasteiger partial charge is 0.277 e. The summed E-state index contributed by atoms with van der Waals surface area (Å²) in [5.74, 6) is -0.718. The fraction of sp³-hybridized carbons (Fsp3) is 0.400. The lowest BCUT2D eigenvalue weighted by Gasteiger charge is -2.17. The molecular weight excluding hydrogens is 343 g/mol. The highest BCUT2D eigenvalue weighted by molar-refractivity contribution is 7.90. The zero-order valence-electron chi connectivity index (χ0n) is 12.8. The van der Waals surface area contributed by atoms with E-state index >= 15 is 0 Å². The number of alkyl halides is 2. The third kappa shape index (κ3) is 3.18. The summed E-state index contributed by atoms with van der Waals surface area (Å²) in [6.07, 6.45) is 2.70. The van der Waals surface area contributed by atoms with Crippen LogP contribution >= 0.6 is 0 Å². The van der Waals surface area contributed by atoms with Crippen molar-refractivity contribution in [3.8, 4) is 0 Å². The first-order valence-electron chi connectivity index (χ1n) is 7.31. The minimum atomic E-state index is -3.68. The average Bonchev–Trinajstić information content (AvgIpc) is 3.20. The Hall–Kier alpha value is -1.87. The van der Waals surface area contributed by atoms with E-state index in [1.165, 1.54) is 31.4 Å². The van der Waals surface area contributed by atoms with Crippen LogP contribution in [-0.2, 0) is 16.6 Å². The molecule has 2 unspecified atom stereocenters. The lowest BCUT2D eigenvalue weighted by molar-refractivity contribution is 0.0658. The summed E-state index contributed by atoms with van der Waals surface area (Å²) in [7, 11) is -2.35. The highest BCUT2D eigenvalue weighted by Crippen LogP contribution is 2.47. The molecule has 2 atom stereocenters. The molecule has 2 aromatic rings. The summed E-state index contributed by atoms with van der Waals surface area (Å²) < 4.78 is 65.7. The van der Waals surface area contributed by atoms with Crippen molar-refractivity contribution in [1.29, 1.82) is 0 Å². The van der Waals surface area contributed by atoms with Gasteiger partial charge in [0.05, 0.1) is 11.8 Å². The molecule has 0 radical (unpaired) electrons. The number of halogens is 3. The van der Waals surface area contributed by atoms with Crippen molar-refractivity contribution in [2.24, 2.45) is 0 Å². The molecule has 0 saturated heterocycles. The number of hydrogen-bond donors (Lipinski definition) is 0. The van der Waals surface area contributed by atoms with E-state index < -0.39 is 27.6 Å². The predicted molar refractivity (Wildman–Crippen MR) is 81.4 cm³/mol. The van der Waals surface area contributed by atoms with Crippen LogP contribution in [0.25, 0.3) is 0 Å². The van der Waals surface area contributed by atoms with Gasteiger partial charge in [0.15, 0.2) is 0 Å². The highest BCUT2D eigenvalue weighted by Gasteiger charge is 2.50. The Morgan fingerprint density at radius 3 is 2.83 bits per heavy atom. The fourth-order valence-corrected chi connectivity index (χ4v) is 4.53. The highest BCUT2D eigenvalue weighted by atomic mass is 32.2. The van der Waals surface area contributed by atoms with Crippen LogP contribution in [0.5, 0.6) is 0 Å². The number of imidazole rings is 1. The summed E-state index contributed by atoms with van der Waals surface area (Å²) in [6.45, 7) is -3.02. The fourth-order valence-electron chi connectivity index (χ4n) is 2.75. The molecule has 0 bridgehead atoms. The molecule has 130 valence electrons. The van der Waals surface area contributed by atoms with Gasteiger partial charge in [0, 0.05) is 25.4 Å². The van der Waals surface area contributed by atoms with Gasteiger partial charge in [0.2, 0.25) is 10.0 Å². The van der Waals surface area contributed by atoms with Gasteiger partial charge in [0.1, 0.15) is 11.6 Å². The number of rotatable bonds is 6. The van der Waals surface area contributed by atoms with Gasteiger partial charge in [-0.15, -0.1) is 0 Å². The summed E-state index contributed by atoms with van der Waals surface area (Å²) >= 11 is 0. The van der Waals surface area contributed by atoms with Crippen molar-refractivity contribution in [1.82, 2.24) is 13.9 Å². The van der Waals surface area contributed by atoms with Gasteiger partial charge in [-0.05, 0) is 24.1 Å². The van der Waals surface area contributed by atoms with Crippen LogP contribution in [-0.4, -0.2) is 34.6 Å². The molecule has 1 aromatic carbocycles. The second kappa shape index (κ2) is 6.21. The van der Waals surface area contributed by atoms with E-state index in [0.29, 0.717) is 16.6 Å². The normalized spacial score (nSPS) is 20.8. The maximum Gasteiger partial charge on any atom is 0.319 e. The molecule has 0 N–H and O–H groups in total. The minimum absolute atomic E-state index is 0.0287. The largest absolute Gasteiger partial charge is 0.319 e. The minimum Gasteiger partial charge on any atom is -0.277 e. The average molecular weight is 359 g/mol. The Morgan fingerprint density at radius 2 is 2.17 bits per heavy atom. The second-order valence-corrected chi connectivity index (χ2v) is 8.02. The van der Waals surface area contributed by atoms with Crippen molar-refractivity contribution in [2.75, 3.05) is 7.05 Å². The quantitative estimate of drug-likeness (QED) is 0.797. The van der Waals surface area contributed by atoms with Gasteiger partial charge in [-0.25, -0.2) is 17.8 Å². The number of sulfonamides is 1. The summed E-state index contributed by atoms with van der Waals surface area (Å²) in [6, 6.07) is 5.85. The lowest BCUT2D eigenvalue weighted by atomic mass is 10.1. The predicted octanol–water partition coefficient (Wildman–Crippen LogP) is 2.74. The van der Waals surface area contributed by atoms with E-state index in [-0.39, 0.29) is 18.3 Å². The molecule has 5 nitrogen and oxygen atoms in total. The van der Waals surface area contributed by atoms with E-state index in [1.54, 1.807) is 6.07 Å². The van der Waals surface area contributed by atoms with E-state index in [9.17, 15) is 21.6 Å². The molecule has 3 rings (SSSR count). The van der Waals surface area contributed by atoms with Crippen LogP contribution in [0.3, 0.4) is 0 Å². The molecule has 1 aromatic heterocycles. The molecular formula is C15H16F3N3O2S. The van der Waals surface area contributed by atoms with Gasteiger partial charge in [-0.3, -0.25) is 4.57 Å². The van der Waals surface area contributed by atoms with Gasteiger partial charge >= 0.3 is 6.55 Å². The standard InChI is InChI=1S/C15H16F3N3O2S/c1-20(9-14-19-5-6-21(14)15(17)18)24(22,23)13-8-12(13)10-3-2-4-11(16)7-10/h2-7,12-13,15H,8-9H2,1H3. The first-order chi connectivity index (χ1) is 11.3. The van der Waals surface area contributed by atoms with Gasteiger partial charge in [-0.2, -0.15) is 13.1 Å². The Bertz CT molecular complexity index is 838. The summed E-state index contributed by atoms with van der Waals surface area (Å²) in [4.78, 5) is 3.79. The Kier molecular flexibility index (Phi) is 4.39. The number of benzene rings is 1. The SMILES string of the molecule is CN(Cc1nccn1C(F)F)S(=O)(=O)C1CC1c1cccc(F)c1. The zero-order valence-corrected chi connectivity index (χ0v) is 13.6. The van der Waals surface area contributed by atoms with E-state index in [2.05, 4.69) is 4.98 Å². The van der Waals surface area contributed by atoms with Crippen LogP contribution in [0.2, 0.25) is 0 Å². The zero-order chi connectivity index (χ0) is 17.5. The van der Waals surface area contributed by atoms with Crippen molar-refractivity contribution < 1.29 is 21.6 Å². The maximum atomic E-state index is 13.3. The van der Waals surface area contributed by atoms with Crippen LogP contribution in [0.4, 0.5) is 13.2 Å². The van der Waals surface area contributed by atoms with Crippen molar-refractivity contribution in [3.63, 3.8) is 0 Å². The third-order valence-electron chi connectivity index (χ3n) is 4.15.